The summed E-state index contributed by atoms with van der Waals surface area (Å²) >= 11 is 0. The minimum absolute atomic E-state index is 0.548. The monoisotopic (exact) mass is 286 g/mol. The Morgan fingerprint density at radius 3 is 1.82 bits per heavy atom. The molecule has 0 radical (unpaired) electrons. The second-order valence-electron chi connectivity index (χ2n) is 6.08. The maximum atomic E-state index is 2.29. The molecule has 110 valence electrons. The van der Waals surface area contributed by atoms with Crippen molar-refractivity contribution in [2.45, 2.75) is 26.2 Å². The summed E-state index contributed by atoms with van der Waals surface area (Å²) in [4.78, 5) is 0. The third-order valence-electron chi connectivity index (χ3n) is 4.25. The van der Waals surface area contributed by atoms with Crippen LogP contribution < -0.4 is 0 Å². The fraction of sp³-hybridized carbons (Fsp3) is 0.182. The molecule has 0 fully saturated rings. The van der Waals surface area contributed by atoms with Crippen LogP contribution in [-0.4, -0.2) is 0 Å². The van der Waals surface area contributed by atoms with E-state index in [1.807, 2.05) is 0 Å². The molecule has 3 rings (SSSR count). The molecule has 0 heterocycles. The van der Waals surface area contributed by atoms with Crippen molar-refractivity contribution in [2.24, 2.45) is 0 Å². The maximum absolute atomic E-state index is 2.29. The number of aryl methyl sites for hydroxylation is 1. The first-order chi connectivity index (χ1) is 10.7. The fourth-order valence-electron chi connectivity index (χ4n) is 2.83. The molecule has 0 aliphatic heterocycles. The van der Waals surface area contributed by atoms with Crippen LogP contribution in [-0.2, 0) is 6.42 Å². The molecule has 0 bridgehead atoms. The molecule has 0 heteroatoms. The Labute approximate surface area is 133 Å². The third kappa shape index (κ3) is 3.46. The first-order valence-electron chi connectivity index (χ1n) is 7.93. The zero-order valence-electron chi connectivity index (χ0n) is 13.3. The van der Waals surface area contributed by atoms with Crippen molar-refractivity contribution in [3.8, 4) is 11.1 Å². The maximum Gasteiger partial charge on any atom is -0.0150 e. The molecule has 0 amide bonds. The van der Waals surface area contributed by atoms with E-state index in [-0.39, 0.29) is 0 Å². The SMILES string of the molecule is Cc1ccc(-c2ccc(CC(C)c3ccccc3)cc2)cc1. The van der Waals surface area contributed by atoms with Gasteiger partial charge in [0.25, 0.3) is 0 Å². The number of hydrogen-bond donors (Lipinski definition) is 0. The van der Waals surface area contributed by atoms with Gasteiger partial charge in [-0.2, -0.15) is 0 Å². The van der Waals surface area contributed by atoms with Crippen molar-refractivity contribution in [1.82, 2.24) is 0 Å². The van der Waals surface area contributed by atoms with Crippen LogP contribution in [0.3, 0.4) is 0 Å². The van der Waals surface area contributed by atoms with E-state index in [2.05, 4.69) is 92.7 Å². The summed E-state index contributed by atoms with van der Waals surface area (Å²) in [5.41, 5.74) is 6.68. The Morgan fingerprint density at radius 2 is 1.23 bits per heavy atom. The van der Waals surface area contributed by atoms with Crippen molar-refractivity contribution >= 4 is 0 Å². The van der Waals surface area contributed by atoms with Crippen molar-refractivity contribution < 1.29 is 0 Å². The normalized spacial score (nSPS) is 12.1. The number of hydrogen-bond acceptors (Lipinski definition) is 0. The van der Waals surface area contributed by atoms with Gasteiger partial charge in [0.05, 0.1) is 0 Å². The number of benzene rings is 3. The van der Waals surface area contributed by atoms with Gasteiger partial charge >= 0.3 is 0 Å². The molecule has 0 spiro atoms. The highest BCUT2D eigenvalue weighted by atomic mass is 14.1. The van der Waals surface area contributed by atoms with Crippen LogP contribution in [0.5, 0.6) is 0 Å². The van der Waals surface area contributed by atoms with Crippen LogP contribution in [0.15, 0.2) is 78.9 Å². The van der Waals surface area contributed by atoms with Gasteiger partial charge in [-0.3, -0.25) is 0 Å². The molecule has 3 aromatic carbocycles. The van der Waals surface area contributed by atoms with Crippen LogP contribution in [0.2, 0.25) is 0 Å². The van der Waals surface area contributed by atoms with Crippen LogP contribution in [0.1, 0.15) is 29.5 Å². The van der Waals surface area contributed by atoms with E-state index in [1.54, 1.807) is 0 Å². The fourth-order valence-corrected chi connectivity index (χ4v) is 2.83. The van der Waals surface area contributed by atoms with Gasteiger partial charge in [0.1, 0.15) is 0 Å². The first-order valence-corrected chi connectivity index (χ1v) is 7.93. The zero-order chi connectivity index (χ0) is 15.4. The van der Waals surface area contributed by atoms with Crippen LogP contribution >= 0.6 is 0 Å². The lowest BCUT2D eigenvalue weighted by Crippen LogP contribution is -1.98. The Hall–Kier alpha value is -2.34. The van der Waals surface area contributed by atoms with Crippen molar-refractivity contribution in [2.75, 3.05) is 0 Å². The minimum Gasteiger partial charge on any atom is -0.0622 e. The lowest BCUT2D eigenvalue weighted by molar-refractivity contribution is 0.759. The number of rotatable bonds is 4. The lowest BCUT2D eigenvalue weighted by Gasteiger charge is -2.12. The molecule has 1 unspecified atom stereocenters. The Morgan fingerprint density at radius 1 is 0.682 bits per heavy atom. The first kappa shape index (κ1) is 14.6. The molecular weight excluding hydrogens is 264 g/mol. The second kappa shape index (κ2) is 6.62. The summed E-state index contributed by atoms with van der Waals surface area (Å²) in [6.07, 6.45) is 1.08. The average molecular weight is 286 g/mol. The molecular formula is C22H22. The second-order valence-corrected chi connectivity index (χ2v) is 6.08. The van der Waals surface area contributed by atoms with E-state index in [9.17, 15) is 0 Å². The van der Waals surface area contributed by atoms with Crippen LogP contribution in [0, 0.1) is 6.92 Å². The van der Waals surface area contributed by atoms with Gasteiger partial charge in [-0.15, -0.1) is 0 Å². The minimum atomic E-state index is 0.548. The third-order valence-corrected chi connectivity index (χ3v) is 4.25. The van der Waals surface area contributed by atoms with E-state index < -0.39 is 0 Å². The van der Waals surface area contributed by atoms with Gasteiger partial charge in [0.15, 0.2) is 0 Å². The predicted octanol–water partition coefficient (Wildman–Crippen LogP) is 6.01. The van der Waals surface area contributed by atoms with Crippen molar-refractivity contribution in [3.05, 3.63) is 95.6 Å². The van der Waals surface area contributed by atoms with Crippen molar-refractivity contribution in [1.29, 1.82) is 0 Å². The molecule has 0 N–H and O–H groups in total. The highest BCUT2D eigenvalue weighted by molar-refractivity contribution is 5.63. The molecule has 1 atom stereocenters. The summed E-state index contributed by atoms with van der Waals surface area (Å²) in [6, 6.07) is 28.4. The smallest absolute Gasteiger partial charge is 0.0150 e. The molecule has 0 saturated heterocycles. The highest BCUT2D eigenvalue weighted by Gasteiger charge is 2.06. The van der Waals surface area contributed by atoms with Gasteiger partial charge in [-0.1, -0.05) is 91.3 Å². The summed E-state index contributed by atoms with van der Waals surface area (Å²) in [7, 11) is 0. The van der Waals surface area contributed by atoms with E-state index in [0.29, 0.717) is 5.92 Å². The van der Waals surface area contributed by atoms with E-state index in [0.717, 1.165) is 6.42 Å². The Kier molecular flexibility index (Phi) is 4.39. The summed E-state index contributed by atoms with van der Waals surface area (Å²) in [5.74, 6) is 0.548. The predicted molar refractivity (Wildman–Crippen MR) is 95.2 cm³/mol. The lowest BCUT2D eigenvalue weighted by atomic mass is 9.93. The van der Waals surface area contributed by atoms with Gasteiger partial charge in [-0.25, -0.2) is 0 Å². The molecule has 0 aromatic heterocycles. The van der Waals surface area contributed by atoms with Gasteiger partial charge in [-0.05, 0) is 41.5 Å². The average Bonchev–Trinajstić information content (AvgIpc) is 2.57. The summed E-state index contributed by atoms with van der Waals surface area (Å²) in [6.45, 7) is 4.42. The van der Waals surface area contributed by atoms with E-state index in [1.165, 1.54) is 27.8 Å². The molecule has 0 aliphatic carbocycles. The van der Waals surface area contributed by atoms with E-state index in [4.69, 9.17) is 0 Å². The van der Waals surface area contributed by atoms with Crippen molar-refractivity contribution in [3.63, 3.8) is 0 Å². The molecule has 22 heavy (non-hydrogen) atoms. The summed E-state index contributed by atoms with van der Waals surface area (Å²) < 4.78 is 0. The quantitative estimate of drug-likeness (QED) is 0.551. The van der Waals surface area contributed by atoms with Gasteiger partial charge in [0.2, 0.25) is 0 Å². The topological polar surface area (TPSA) is 0 Å². The van der Waals surface area contributed by atoms with E-state index >= 15 is 0 Å². The Bertz CT molecular complexity index is 706. The van der Waals surface area contributed by atoms with Crippen LogP contribution in [0.4, 0.5) is 0 Å². The van der Waals surface area contributed by atoms with Gasteiger partial charge < -0.3 is 0 Å². The van der Waals surface area contributed by atoms with Crippen LogP contribution in [0.25, 0.3) is 11.1 Å². The molecule has 0 nitrogen and oxygen atoms in total. The summed E-state index contributed by atoms with van der Waals surface area (Å²) in [5, 5.41) is 0. The standard InChI is InChI=1S/C22H22/c1-17-8-12-21(13-9-17)22-14-10-19(11-15-22)16-18(2)20-6-4-3-5-7-20/h3-15,18H,16H2,1-2H3. The zero-order valence-corrected chi connectivity index (χ0v) is 13.3. The molecule has 3 aromatic rings. The van der Waals surface area contributed by atoms with Gasteiger partial charge in [0, 0.05) is 0 Å². The molecule has 0 aliphatic rings. The highest BCUT2D eigenvalue weighted by Crippen LogP contribution is 2.24. The Balaban J connectivity index is 1.73. The largest absolute Gasteiger partial charge is 0.0622 e. The molecule has 0 saturated carbocycles.